The molecule has 0 bridgehead atoms. The second-order valence-electron chi connectivity index (χ2n) is 10.5. The van der Waals surface area contributed by atoms with Crippen molar-refractivity contribution >= 4 is 17.4 Å². The zero-order valence-corrected chi connectivity index (χ0v) is 19.2. The first-order valence-electron chi connectivity index (χ1n) is 11.5. The Bertz CT molecular complexity index is 874. The van der Waals surface area contributed by atoms with Gasteiger partial charge in [-0.2, -0.15) is 0 Å². The van der Waals surface area contributed by atoms with E-state index >= 15 is 0 Å². The summed E-state index contributed by atoms with van der Waals surface area (Å²) in [6, 6.07) is 12.2. The van der Waals surface area contributed by atoms with Crippen molar-refractivity contribution in [3.05, 3.63) is 36.4 Å². The molecule has 1 saturated carbocycles. The Morgan fingerprint density at radius 2 is 1.71 bits per heavy atom. The molecule has 6 nitrogen and oxygen atoms in total. The number of anilines is 2. The Morgan fingerprint density at radius 3 is 2.26 bits per heavy atom. The lowest BCUT2D eigenvalue weighted by molar-refractivity contribution is -0.114. The molecule has 2 N–H and O–H groups in total. The van der Waals surface area contributed by atoms with E-state index in [1.54, 1.807) is 0 Å². The SMILES string of the molecule is CC(=O)Nc1ccc(-c2ccc(N[C@H]3CC4CN(CCC(C)(C)C)C[C@H]4C3)nn2)cc1. The highest BCUT2D eigenvalue weighted by molar-refractivity contribution is 5.88. The summed E-state index contributed by atoms with van der Waals surface area (Å²) in [7, 11) is 0. The van der Waals surface area contributed by atoms with Crippen LogP contribution < -0.4 is 10.6 Å². The molecule has 0 radical (unpaired) electrons. The molecular weight excluding hydrogens is 386 g/mol. The van der Waals surface area contributed by atoms with Crippen molar-refractivity contribution < 1.29 is 4.79 Å². The minimum absolute atomic E-state index is 0.0726. The van der Waals surface area contributed by atoms with Crippen LogP contribution in [0.4, 0.5) is 11.5 Å². The summed E-state index contributed by atoms with van der Waals surface area (Å²) in [5.41, 5.74) is 3.02. The third-order valence-electron chi connectivity index (χ3n) is 6.52. The molecule has 1 aliphatic carbocycles. The fourth-order valence-electron chi connectivity index (χ4n) is 4.89. The van der Waals surface area contributed by atoms with Gasteiger partial charge in [-0.25, -0.2) is 0 Å². The number of nitrogens with zero attached hydrogens (tertiary/aromatic N) is 3. The molecule has 6 heteroatoms. The number of nitrogens with one attached hydrogen (secondary N) is 2. The Hall–Kier alpha value is -2.47. The molecule has 1 amide bonds. The maximum atomic E-state index is 11.1. The molecule has 1 aliphatic heterocycles. The first-order valence-corrected chi connectivity index (χ1v) is 11.5. The number of carbonyl (C=O) groups is 1. The lowest BCUT2D eigenvalue weighted by Crippen LogP contribution is -2.28. The predicted molar refractivity (Wildman–Crippen MR) is 126 cm³/mol. The Morgan fingerprint density at radius 1 is 1.03 bits per heavy atom. The van der Waals surface area contributed by atoms with Gasteiger partial charge in [0.15, 0.2) is 0 Å². The fourth-order valence-corrected chi connectivity index (χ4v) is 4.89. The predicted octanol–water partition coefficient (Wildman–Crippen LogP) is 4.66. The van der Waals surface area contributed by atoms with Gasteiger partial charge < -0.3 is 15.5 Å². The van der Waals surface area contributed by atoms with Crippen LogP contribution in [0.1, 0.15) is 47.0 Å². The molecule has 31 heavy (non-hydrogen) atoms. The van der Waals surface area contributed by atoms with Gasteiger partial charge in [-0.1, -0.05) is 32.9 Å². The quantitative estimate of drug-likeness (QED) is 0.710. The average Bonchev–Trinajstić information content (AvgIpc) is 3.25. The highest BCUT2D eigenvalue weighted by Gasteiger charge is 2.40. The maximum absolute atomic E-state index is 11.1. The number of hydrogen-bond donors (Lipinski definition) is 2. The molecule has 1 aromatic carbocycles. The molecule has 1 aromatic heterocycles. The summed E-state index contributed by atoms with van der Waals surface area (Å²) in [5, 5.41) is 15.2. The lowest BCUT2D eigenvalue weighted by Gasteiger charge is -2.24. The van der Waals surface area contributed by atoms with Gasteiger partial charge in [-0.3, -0.25) is 4.79 Å². The van der Waals surface area contributed by atoms with Gasteiger partial charge >= 0.3 is 0 Å². The molecule has 3 atom stereocenters. The van der Waals surface area contributed by atoms with Crippen LogP contribution in [0.2, 0.25) is 0 Å². The van der Waals surface area contributed by atoms with E-state index in [-0.39, 0.29) is 5.91 Å². The van der Waals surface area contributed by atoms with E-state index in [1.165, 1.54) is 45.8 Å². The number of benzene rings is 1. The van der Waals surface area contributed by atoms with Crippen LogP contribution in [-0.4, -0.2) is 46.7 Å². The highest BCUT2D eigenvalue weighted by atomic mass is 16.1. The van der Waals surface area contributed by atoms with Crippen LogP contribution in [0.5, 0.6) is 0 Å². The van der Waals surface area contributed by atoms with Crippen molar-refractivity contribution in [2.24, 2.45) is 17.3 Å². The van der Waals surface area contributed by atoms with Gasteiger partial charge in [0, 0.05) is 37.3 Å². The van der Waals surface area contributed by atoms with E-state index < -0.39 is 0 Å². The molecule has 4 rings (SSSR count). The third-order valence-corrected chi connectivity index (χ3v) is 6.52. The Kier molecular flexibility index (Phi) is 6.28. The topological polar surface area (TPSA) is 70.2 Å². The largest absolute Gasteiger partial charge is 0.366 e. The van der Waals surface area contributed by atoms with E-state index in [0.717, 1.165) is 34.6 Å². The summed E-state index contributed by atoms with van der Waals surface area (Å²) < 4.78 is 0. The van der Waals surface area contributed by atoms with Gasteiger partial charge in [0.25, 0.3) is 0 Å². The van der Waals surface area contributed by atoms with E-state index in [9.17, 15) is 4.79 Å². The second-order valence-corrected chi connectivity index (χ2v) is 10.5. The Balaban J connectivity index is 1.27. The fraction of sp³-hybridized carbons (Fsp3) is 0.560. The summed E-state index contributed by atoms with van der Waals surface area (Å²) in [5.74, 6) is 2.41. The lowest BCUT2D eigenvalue weighted by atomic mass is 9.92. The second kappa shape index (κ2) is 8.95. The summed E-state index contributed by atoms with van der Waals surface area (Å²) >= 11 is 0. The van der Waals surface area contributed by atoms with Crippen LogP contribution >= 0.6 is 0 Å². The maximum Gasteiger partial charge on any atom is 0.221 e. The van der Waals surface area contributed by atoms with Gasteiger partial charge in [0.2, 0.25) is 5.91 Å². The molecular formula is C25H35N5O. The van der Waals surface area contributed by atoms with Crippen molar-refractivity contribution in [3.63, 3.8) is 0 Å². The smallest absolute Gasteiger partial charge is 0.221 e. The number of aromatic nitrogens is 2. The van der Waals surface area contributed by atoms with Crippen LogP contribution in [0.3, 0.4) is 0 Å². The molecule has 2 heterocycles. The van der Waals surface area contributed by atoms with Crippen LogP contribution in [0, 0.1) is 17.3 Å². The first kappa shape index (κ1) is 21.8. The number of hydrogen-bond acceptors (Lipinski definition) is 5. The number of fused-ring (bicyclic) bond motifs is 1. The van der Waals surface area contributed by atoms with Crippen LogP contribution in [0.15, 0.2) is 36.4 Å². The molecule has 1 saturated heterocycles. The van der Waals surface area contributed by atoms with E-state index in [2.05, 4.69) is 46.5 Å². The van der Waals surface area contributed by atoms with Gasteiger partial charge in [-0.05, 0) is 67.3 Å². The van der Waals surface area contributed by atoms with Crippen molar-refractivity contribution in [1.29, 1.82) is 0 Å². The van der Waals surface area contributed by atoms with Gasteiger partial charge in [0.1, 0.15) is 5.82 Å². The summed E-state index contributed by atoms with van der Waals surface area (Å²) in [6.07, 6.45) is 3.72. The van der Waals surface area contributed by atoms with E-state index in [0.29, 0.717) is 11.5 Å². The standard InChI is InChI=1S/C25H35N5O/c1-17(31)26-21-7-5-18(6-8-21)23-9-10-24(29-28-23)27-22-13-19-15-30(16-20(19)14-22)12-11-25(2,3)4/h5-10,19-20,22H,11-16H2,1-4H3,(H,26,31)(H,27,29)/t19-,20?,22-/m1/s1. The zero-order valence-electron chi connectivity index (χ0n) is 19.2. The normalized spacial score (nSPS) is 23.5. The van der Waals surface area contributed by atoms with Crippen molar-refractivity contribution in [1.82, 2.24) is 15.1 Å². The zero-order chi connectivity index (χ0) is 22.0. The number of amides is 1. The molecule has 0 spiro atoms. The monoisotopic (exact) mass is 421 g/mol. The molecule has 2 aromatic rings. The number of carbonyl (C=O) groups excluding carboxylic acids is 1. The van der Waals surface area contributed by atoms with Crippen LogP contribution in [0.25, 0.3) is 11.3 Å². The van der Waals surface area contributed by atoms with Crippen LogP contribution in [-0.2, 0) is 4.79 Å². The molecule has 166 valence electrons. The van der Waals surface area contributed by atoms with Gasteiger partial charge in [-0.15, -0.1) is 10.2 Å². The summed E-state index contributed by atoms with van der Waals surface area (Å²) in [4.78, 5) is 13.8. The van der Waals surface area contributed by atoms with Gasteiger partial charge in [0.05, 0.1) is 5.69 Å². The van der Waals surface area contributed by atoms with Crippen molar-refractivity contribution in [2.45, 2.75) is 53.0 Å². The minimum Gasteiger partial charge on any atom is -0.366 e. The molecule has 1 unspecified atom stereocenters. The minimum atomic E-state index is -0.0726. The molecule has 2 fully saturated rings. The van der Waals surface area contributed by atoms with E-state index in [1.807, 2.05) is 36.4 Å². The molecule has 2 aliphatic rings. The first-order chi connectivity index (χ1) is 14.7. The number of rotatable bonds is 6. The average molecular weight is 422 g/mol. The number of likely N-dealkylation sites (tertiary alicyclic amines) is 1. The summed E-state index contributed by atoms with van der Waals surface area (Å²) in [6.45, 7) is 12.2. The third kappa shape index (κ3) is 5.82. The van der Waals surface area contributed by atoms with Crippen molar-refractivity contribution in [3.8, 4) is 11.3 Å². The Labute approximate surface area is 185 Å². The van der Waals surface area contributed by atoms with E-state index in [4.69, 9.17) is 0 Å². The van der Waals surface area contributed by atoms with Crippen molar-refractivity contribution in [2.75, 3.05) is 30.3 Å². The highest BCUT2D eigenvalue weighted by Crippen LogP contribution is 2.39.